The van der Waals surface area contributed by atoms with Crippen LogP contribution in [0.2, 0.25) is 0 Å². The Balaban J connectivity index is 1.33. The lowest BCUT2D eigenvalue weighted by molar-refractivity contribution is -0.144. The fourth-order valence-corrected chi connectivity index (χ4v) is 5.43. The zero-order chi connectivity index (χ0) is 23.5. The van der Waals surface area contributed by atoms with Crippen LogP contribution in [0.25, 0.3) is 0 Å². The van der Waals surface area contributed by atoms with Crippen LogP contribution in [0.4, 0.5) is 0 Å². The van der Waals surface area contributed by atoms with E-state index in [1.54, 1.807) is 6.92 Å². The molecule has 5 N–H and O–H groups in total. The predicted molar refractivity (Wildman–Crippen MR) is 126 cm³/mol. The Bertz CT molecular complexity index is 640. The Kier molecular flexibility index (Phi) is 10.9. The highest BCUT2D eigenvalue weighted by molar-refractivity contribution is 5.85. The summed E-state index contributed by atoms with van der Waals surface area (Å²) in [6, 6.07) is 0.177. The smallest absolute Gasteiger partial charge is 0.307 e. The molecule has 33 heavy (non-hydrogen) atoms. The summed E-state index contributed by atoms with van der Waals surface area (Å²) in [5, 5.41) is 16.3. The van der Waals surface area contributed by atoms with Crippen LogP contribution in [-0.2, 0) is 19.1 Å². The second kappa shape index (κ2) is 13.9. The predicted octanol–water partition coefficient (Wildman–Crippen LogP) is 0.788. The van der Waals surface area contributed by atoms with E-state index in [1.807, 2.05) is 0 Å². The number of esters is 1. The van der Waals surface area contributed by atoms with E-state index in [9.17, 15) is 14.4 Å². The zero-order valence-corrected chi connectivity index (χ0v) is 20.1. The van der Waals surface area contributed by atoms with Gasteiger partial charge in [0.05, 0.1) is 25.7 Å². The van der Waals surface area contributed by atoms with Crippen molar-refractivity contribution in [2.45, 2.75) is 89.4 Å². The molecule has 3 aliphatic heterocycles. The molecule has 188 valence electrons. The molecule has 0 aromatic carbocycles. The molecule has 5 atom stereocenters. The van der Waals surface area contributed by atoms with Crippen molar-refractivity contribution in [2.75, 3.05) is 32.8 Å². The van der Waals surface area contributed by atoms with Crippen LogP contribution in [0.15, 0.2) is 0 Å². The number of piperidine rings is 3. The van der Waals surface area contributed by atoms with E-state index >= 15 is 0 Å². The van der Waals surface area contributed by atoms with Crippen molar-refractivity contribution < 1.29 is 19.1 Å². The van der Waals surface area contributed by atoms with Gasteiger partial charge in [-0.2, -0.15) is 0 Å². The van der Waals surface area contributed by atoms with Gasteiger partial charge in [0.2, 0.25) is 11.8 Å². The summed E-state index contributed by atoms with van der Waals surface area (Å²) >= 11 is 0. The quantitative estimate of drug-likeness (QED) is 0.286. The maximum atomic E-state index is 12.5. The van der Waals surface area contributed by atoms with Gasteiger partial charge in [0.15, 0.2) is 0 Å². The van der Waals surface area contributed by atoms with E-state index in [2.05, 4.69) is 26.6 Å². The van der Waals surface area contributed by atoms with Crippen LogP contribution >= 0.6 is 0 Å². The lowest BCUT2D eigenvalue weighted by Crippen LogP contribution is -2.57. The monoisotopic (exact) mass is 465 g/mol. The first-order valence-electron chi connectivity index (χ1n) is 13.0. The average molecular weight is 466 g/mol. The Labute approximate surface area is 197 Å². The number of fused-ring (bicyclic) bond motifs is 1. The molecule has 3 heterocycles. The third-order valence-corrected chi connectivity index (χ3v) is 7.23. The molecule has 9 nitrogen and oxygen atoms in total. The number of carbonyl (C=O) groups is 3. The Morgan fingerprint density at radius 1 is 1.06 bits per heavy atom. The SMILES string of the molecule is CCOC(=O)C[C@H](NC(=O)CNC(=O)CCCC1CCC2CCCNC2N1)C1CCCNC1. The molecule has 0 bridgehead atoms. The van der Waals surface area contributed by atoms with Crippen molar-refractivity contribution in [3.8, 4) is 0 Å². The van der Waals surface area contributed by atoms with Gasteiger partial charge in [-0.15, -0.1) is 0 Å². The summed E-state index contributed by atoms with van der Waals surface area (Å²) in [4.78, 5) is 36.7. The van der Waals surface area contributed by atoms with E-state index in [0.29, 0.717) is 25.2 Å². The van der Waals surface area contributed by atoms with Gasteiger partial charge in [-0.25, -0.2) is 0 Å². The molecule has 3 rings (SSSR count). The topological polar surface area (TPSA) is 121 Å². The van der Waals surface area contributed by atoms with Crippen LogP contribution in [0.3, 0.4) is 0 Å². The summed E-state index contributed by atoms with van der Waals surface area (Å²) in [7, 11) is 0. The largest absolute Gasteiger partial charge is 0.466 e. The van der Waals surface area contributed by atoms with E-state index in [1.165, 1.54) is 25.7 Å². The molecule has 3 saturated heterocycles. The normalized spacial score (nSPS) is 28.3. The summed E-state index contributed by atoms with van der Waals surface area (Å²) in [5.74, 6) is 0.267. The fourth-order valence-electron chi connectivity index (χ4n) is 5.43. The number of hydrogen-bond acceptors (Lipinski definition) is 7. The van der Waals surface area contributed by atoms with Crippen LogP contribution in [0, 0.1) is 11.8 Å². The number of carbonyl (C=O) groups excluding carboxylic acids is 3. The summed E-state index contributed by atoms with van der Waals surface area (Å²) < 4.78 is 5.08. The Morgan fingerprint density at radius 2 is 1.91 bits per heavy atom. The molecule has 0 aromatic heterocycles. The first-order valence-corrected chi connectivity index (χ1v) is 13.0. The molecule has 0 radical (unpaired) electrons. The van der Waals surface area contributed by atoms with E-state index < -0.39 is 0 Å². The molecule has 0 aromatic rings. The summed E-state index contributed by atoms with van der Waals surface area (Å²) in [6.45, 7) is 4.85. The van der Waals surface area contributed by atoms with Gasteiger partial charge in [0.25, 0.3) is 0 Å². The number of amides is 2. The third-order valence-electron chi connectivity index (χ3n) is 7.23. The number of rotatable bonds is 11. The highest BCUT2D eigenvalue weighted by Gasteiger charge is 2.31. The highest BCUT2D eigenvalue weighted by atomic mass is 16.5. The van der Waals surface area contributed by atoms with Gasteiger partial charge in [0.1, 0.15) is 0 Å². The molecule has 0 spiro atoms. The number of nitrogens with one attached hydrogen (secondary N) is 5. The zero-order valence-electron chi connectivity index (χ0n) is 20.1. The molecule has 2 amide bonds. The molecule has 0 saturated carbocycles. The van der Waals surface area contributed by atoms with Crippen LogP contribution in [-0.4, -0.2) is 68.8 Å². The van der Waals surface area contributed by atoms with Crippen molar-refractivity contribution in [1.29, 1.82) is 0 Å². The third kappa shape index (κ3) is 8.87. The molecule has 3 aliphatic rings. The van der Waals surface area contributed by atoms with Crippen molar-refractivity contribution in [1.82, 2.24) is 26.6 Å². The Morgan fingerprint density at radius 3 is 2.70 bits per heavy atom. The van der Waals surface area contributed by atoms with Crippen LogP contribution < -0.4 is 26.6 Å². The lowest BCUT2D eigenvalue weighted by Gasteiger charge is -2.41. The second-order valence-corrected chi connectivity index (χ2v) is 9.73. The molecular formula is C24H43N5O4. The van der Waals surface area contributed by atoms with Gasteiger partial charge in [-0.05, 0) is 89.8 Å². The van der Waals surface area contributed by atoms with Gasteiger partial charge in [-0.1, -0.05) is 0 Å². The standard InChI is InChI=1S/C24H43N5O4/c1-2-33-23(32)14-20(18-7-4-12-25-15-18)29-22(31)16-27-21(30)9-3-8-19-11-10-17-6-5-13-26-24(17)28-19/h17-20,24-26,28H,2-16H2,1H3,(H,27,30)(H,29,31)/t17?,18?,19?,20-,24?/m0/s1. The minimum atomic E-state index is -0.302. The first kappa shape index (κ1) is 25.9. The summed E-state index contributed by atoms with van der Waals surface area (Å²) in [5.41, 5.74) is 0. The van der Waals surface area contributed by atoms with Gasteiger partial charge in [0, 0.05) is 18.5 Å². The van der Waals surface area contributed by atoms with E-state index in [0.717, 1.165) is 51.2 Å². The molecule has 0 aliphatic carbocycles. The van der Waals surface area contributed by atoms with E-state index in [-0.39, 0.29) is 42.7 Å². The van der Waals surface area contributed by atoms with Crippen LogP contribution in [0.5, 0.6) is 0 Å². The molecular weight excluding hydrogens is 422 g/mol. The molecule has 9 heteroatoms. The number of hydrogen-bond donors (Lipinski definition) is 5. The maximum Gasteiger partial charge on any atom is 0.307 e. The molecule has 3 fully saturated rings. The lowest BCUT2D eigenvalue weighted by atomic mass is 9.84. The minimum Gasteiger partial charge on any atom is -0.466 e. The van der Waals surface area contributed by atoms with Crippen molar-refractivity contribution in [3.05, 3.63) is 0 Å². The van der Waals surface area contributed by atoms with Crippen LogP contribution in [0.1, 0.15) is 71.1 Å². The van der Waals surface area contributed by atoms with Crippen molar-refractivity contribution in [3.63, 3.8) is 0 Å². The summed E-state index contributed by atoms with van der Waals surface area (Å²) in [6.07, 6.45) is 9.76. The van der Waals surface area contributed by atoms with Crippen molar-refractivity contribution in [2.24, 2.45) is 11.8 Å². The highest BCUT2D eigenvalue weighted by Crippen LogP contribution is 2.27. The molecule has 4 unspecified atom stereocenters. The van der Waals surface area contributed by atoms with Gasteiger partial charge >= 0.3 is 5.97 Å². The van der Waals surface area contributed by atoms with Gasteiger partial charge in [-0.3, -0.25) is 19.7 Å². The van der Waals surface area contributed by atoms with Gasteiger partial charge < -0.3 is 26.0 Å². The second-order valence-electron chi connectivity index (χ2n) is 9.73. The maximum absolute atomic E-state index is 12.5. The fraction of sp³-hybridized carbons (Fsp3) is 0.875. The van der Waals surface area contributed by atoms with Crippen molar-refractivity contribution >= 4 is 17.8 Å². The Hall–Kier alpha value is -1.71. The first-order chi connectivity index (χ1) is 16.0. The van der Waals surface area contributed by atoms with E-state index in [4.69, 9.17) is 4.74 Å². The average Bonchev–Trinajstić information content (AvgIpc) is 2.83. The minimum absolute atomic E-state index is 0.0618. The number of ether oxygens (including phenoxy) is 1.